The largest absolute Gasteiger partial charge is 0.384 e. The Kier molecular flexibility index (Phi) is 4.16. The molecule has 0 aliphatic heterocycles. The number of halogens is 1. The Morgan fingerprint density at radius 1 is 1.37 bits per heavy atom. The van der Waals surface area contributed by atoms with Crippen LogP contribution in [-0.4, -0.2) is 17.9 Å². The maximum absolute atomic E-state index is 7.34. The van der Waals surface area contributed by atoms with Crippen LogP contribution >= 0.6 is 15.9 Å². The number of anilines is 1. The summed E-state index contributed by atoms with van der Waals surface area (Å²) in [5.41, 5.74) is 7.25. The van der Waals surface area contributed by atoms with E-state index in [1.165, 1.54) is 5.56 Å². The number of nitrogens with one attached hydrogen (secondary N) is 1. The van der Waals surface area contributed by atoms with Gasteiger partial charge in [-0.25, -0.2) is 4.98 Å². The van der Waals surface area contributed by atoms with Gasteiger partial charge in [0.15, 0.2) is 0 Å². The summed E-state index contributed by atoms with van der Waals surface area (Å²) in [6.45, 7) is 0.770. The van der Waals surface area contributed by atoms with Gasteiger partial charge in [-0.05, 0) is 29.8 Å². The van der Waals surface area contributed by atoms with Crippen molar-refractivity contribution in [2.75, 3.05) is 11.9 Å². The molecule has 2 rings (SSSR count). The second-order valence-corrected chi connectivity index (χ2v) is 5.22. The monoisotopic (exact) mass is 318 g/mol. The van der Waals surface area contributed by atoms with Gasteiger partial charge in [0.05, 0.1) is 0 Å². The number of hydrogen-bond acceptors (Lipinski definition) is 3. The molecule has 0 spiro atoms. The van der Waals surface area contributed by atoms with Gasteiger partial charge in [-0.2, -0.15) is 0 Å². The molecule has 1 heterocycles. The number of rotatable bonds is 4. The van der Waals surface area contributed by atoms with Gasteiger partial charge in [-0.15, -0.1) is 0 Å². The summed E-state index contributed by atoms with van der Waals surface area (Å²) in [6.07, 6.45) is 1.62. The first kappa shape index (κ1) is 13.5. The van der Waals surface area contributed by atoms with Crippen molar-refractivity contribution >= 4 is 27.6 Å². The Balaban J connectivity index is 2.11. The number of amidine groups is 1. The zero-order chi connectivity index (χ0) is 13.8. The van der Waals surface area contributed by atoms with Crippen LogP contribution < -0.4 is 10.6 Å². The molecule has 1 aromatic heterocycles. The number of aromatic nitrogens is 1. The van der Waals surface area contributed by atoms with E-state index in [0.717, 1.165) is 16.8 Å². The summed E-state index contributed by atoms with van der Waals surface area (Å²) in [4.78, 5) is 6.36. The first-order valence-corrected chi connectivity index (χ1v) is 6.61. The third-order valence-electron chi connectivity index (χ3n) is 2.76. The van der Waals surface area contributed by atoms with Crippen molar-refractivity contribution in [3.05, 3.63) is 58.2 Å². The smallest absolute Gasteiger partial charge is 0.128 e. The van der Waals surface area contributed by atoms with Crippen molar-refractivity contribution in [2.24, 2.45) is 5.73 Å². The minimum Gasteiger partial charge on any atom is -0.384 e. The molecule has 3 N–H and O–H groups in total. The highest BCUT2D eigenvalue weighted by Gasteiger charge is 2.05. The van der Waals surface area contributed by atoms with Crippen LogP contribution in [0.2, 0.25) is 0 Å². The van der Waals surface area contributed by atoms with Crippen LogP contribution in [0.5, 0.6) is 0 Å². The van der Waals surface area contributed by atoms with Gasteiger partial charge < -0.3 is 10.6 Å². The van der Waals surface area contributed by atoms with E-state index in [1.54, 1.807) is 6.20 Å². The molecule has 5 heteroatoms. The van der Waals surface area contributed by atoms with E-state index < -0.39 is 0 Å². The predicted molar refractivity (Wildman–Crippen MR) is 81.5 cm³/mol. The maximum Gasteiger partial charge on any atom is 0.128 e. The average molecular weight is 319 g/mol. The first-order valence-electron chi connectivity index (χ1n) is 5.82. The molecule has 0 aliphatic carbocycles. The van der Waals surface area contributed by atoms with Gasteiger partial charge in [0.1, 0.15) is 11.7 Å². The van der Waals surface area contributed by atoms with Gasteiger partial charge in [0, 0.05) is 29.8 Å². The molecule has 0 bridgehead atoms. The fraction of sp³-hybridized carbons (Fsp3) is 0.143. The number of benzene rings is 1. The zero-order valence-corrected chi connectivity index (χ0v) is 12.2. The molecule has 0 radical (unpaired) electrons. The Bertz CT molecular complexity index is 580. The minimum atomic E-state index is 0.0358. The van der Waals surface area contributed by atoms with Crippen molar-refractivity contribution < 1.29 is 0 Å². The van der Waals surface area contributed by atoms with Gasteiger partial charge >= 0.3 is 0 Å². The summed E-state index contributed by atoms with van der Waals surface area (Å²) >= 11 is 3.46. The average Bonchev–Trinajstić information content (AvgIpc) is 2.39. The molecule has 2 aromatic rings. The lowest BCUT2D eigenvalue weighted by atomic mass is 10.2. The first-order chi connectivity index (χ1) is 9.06. The lowest BCUT2D eigenvalue weighted by Gasteiger charge is -2.18. The molecule has 98 valence electrons. The molecular formula is C14H15BrN4. The van der Waals surface area contributed by atoms with Gasteiger partial charge in [0.25, 0.3) is 0 Å². The maximum atomic E-state index is 7.34. The molecular weight excluding hydrogens is 304 g/mol. The highest BCUT2D eigenvalue weighted by molar-refractivity contribution is 9.10. The fourth-order valence-electron chi connectivity index (χ4n) is 1.76. The van der Waals surface area contributed by atoms with Gasteiger partial charge in [-0.3, -0.25) is 5.41 Å². The fourth-order valence-corrected chi connectivity index (χ4v) is 2.21. The Hall–Kier alpha value is -1.88. The van der Waals surface area contributed by atoms with Crippen LogP contribution in [0.1, 0.15) is 11.1 Å². The Labute approximate surface area is 120 Å². The SMILES string of the molecule is CN(Cc1cccc(Br)c1)c1ccc(C(=N)N)cn1. The van der Waals surface area contributed by atoms with E-state index in [9.17, 15) is 0 Å². The third-order valence-corrected chi connectivity index (χ3v) is 3.25. The second-order valence-electron chi connectivity index (χ2n) is 4.30. The lowest BCUT2D eigenvalue weighted by Crippen LogP contribution is -2.18. The Morgan fingerprint density at radius 2 is 2.16 bits per heavy atom. The van der Waals surface area contributed by atoms with Crippen LogP contribution in [0.25, 0.3) is 0 Å². The molecule has 19 heavy (non-hydrogen) atoms. The number of hydrogen-bond donors (Lipinski definition) is 2. The molecule has 4 nitrogen and oxygen atoms in total. The van der Waals surface area contributed by atoms with Crippen LogP contribution in [0, 0.1) is 5.41 Å². The van der Waals surface area contributed by atoms with E-state index in [4.69, 9.17) is 11.1 Å². The summed E-state index contributed by atoms with van der Waals surface area (Å²) in [6, 6.07) is 11.9. The summed E-state index contributed by atoms with van der Waals surface area (Å²) in [5.74, 6) is 0.888. The second kappa shape index (κ2) is 5.84. The number of nitrogen functional groups attached to an aromatic ring is 1. The zero-order valence-electron chi connectivity index (χ0n) is 10.6. The van der Waals surface area contributed by atoms with Crippen molar-refractivity contribution in [3.63, 3.8) is 0 Å². The number of nitrogens with zero attached hydrogens (tertiary/aromatic N) is 2. The standard InChI is InChI=1S/C14H15BrN4/c1-19(9-10-3-2-4-12(15)7-10)13-6-5-11(8-18-13)14(16)17/h2-8H,9H2,1H3,(H3,16,17). The summed E-state index contributed by atoms with van der Waals surface area (Å²) in [5, 5.41) is 7.34. The van der Waals surface area contributed by atoms with Crippen molar-refractivity contribution in [2.45, 2.75) is 6.54 Å². The Morgan fingerprint density at radius 3 is 2.74 bits per heavy atom. The summed E-state index contributed by atoms with van der Waals surface area (Å²) in [7, 11) is 1.98. The molecule has 0 aliphatic rings. The van der Waals surface area contributed by atoms with Crippen LogP contribution in [-0.2, 0) is 6.54 Å². The molecule has 0 amide bonds. The number of nitrogens with two attached hydrogens (primary N) is 1. The van der Waals surface area contributed by atoms with E-state index in [-0.39, 0.29) is 5.84 Å². The predicted octanol–water partition coefficient (Wildman–Crippen LogP) is 2.76. The van der Waals surface area contributed by atoms with Gasteiger partial charge in [0.2, 0.25) is 0 Å². The minimum absolute atomic E-state index is 0.0358. The summed E-state index contributed by atoms with van der Waals surface area (Å²) < 4.78 is 1.07. The third kappa shape index (κ3) is 3.54. The van der Waals surface area contributed by atoms with E-state index in [1.807, 2.05) is 36.2 Å². The molecule has 0 atom stereocenters. The highest BCUT2D eigenvalue weighted by Crippen LogP contribution is 2.16. The van der Waals surface area contributed by atoms with Gasteiger partial charge in [-0.1, -0.05) is 28.1 Å². The quantitative estimate of drug-likeness (QED) is 0.673. The van der Waals surface area contributed by atoms with E-state index >= 15 is 0 Å². The van der Waals surface area contributed by atoms with Crippen molar-refractivity contribution in [3.8, 4) is 0 Å². The van der Waals surface area contributed by atoms with E-state index in [2.05, 4.69) is 33.0 Å². The molecule has 0 fully saturated rings. The van der Waals surface area contributed by atoms with E-state index in [0.29, 0.717) is 5.56 Å². The van der Waals surface area contributed by atoms with Crippen LogP contribution in [0.3, 0.4) is 0 Å². The molecule has 0 unspecified atom stereocenters. The highest BCUT2D eigenvalue weighted by atomic mass is 79.9. The molecule has 0 saturated carbocycles. The number of pyridine rings is 1. The van der Waals surface area contributed by atoms with Crippen LogP contribution in [0.15, 0.2) is 47.1 Å². The van der Waals surface area contributed by atoms with Crippen LogP contribution in [0.4, 0.5) is 5.82 Å². The lowest BCUT2D eigenvalue weighted by molar-refractivity contribution is 0.897. The molecule has 0 saturated heterocycles. The topological polar surface area (TPSA) is 66.0 Å². The molecule has 1 aromatic carbocycles. The normalized spacial score (nSPS) is 10.2. The van der Waals surface area contributed by atoms with Crippen molar-refractivity contribution in [1.82, 2.24) is 4.98 Å². The van der Waals surface area contributed by atoms with Crippen molar-refractivity contribution in [1.29, 1.82) is 5.41 Å².